The smallest absolute Gasteiger partial charge is 0.282 e. The molecule has 2 rings (SSSR count). The summed E-state index contributed by atoms with van der Waals surface area (Å²) in [6.07, 6.45) is 1.92. The first-order chi connectivity index (χ1) is 10.6. The lowest BCUT2D eigenvalue weighted by molar-refractivity contribution is -0.121. The molecule has 1 N–H and O–H groups in total. The van der Waals surface area contributed by atoms with Crippen LogP contribution in [-0.2, 0) is 10.5 Å². The van der Waals surface area contributed by atoms with Crippen LogP contribution < -0.4 is 5.32 Å². The Morgan fingerprint density at radius 1 is 1.30 bits per heavy atom. The van der Waals surface area contributed by atoms with E-state index in [9.17, 15) is 9.59 Å². The molecule has 0 spiro atoms. The Kier molecular flexibility index (Phi) is 8.66. The highest BCUT2D eigenvalue weighted by Gasteiger charge is 2.27. The van der Waals surface area contributed by atoms with Gasteiger partial charge in [-0.3, -0.25) is 9.59 Å². The van der Waals surface area contributed by atoms with Gasteiger partial charge in [0.15, 0.2) is 5.78 Å². The van der Waals surface area contributed by atoms with Crippen LogP contribution in [0.2, 0.25) is 0 Å². The molecular weight excluding hydrogens is 332 g/mol. The third-order valence-corrected chi connectivity index (χ3v) is 4.80. The van der Waals surface area contributed by atoms with Gasteiger partial charge in [-0.05, 0) is 38.8 Å². The summed E-state index contributed by atoms with van der Waals surface area (Å²) in [5.74, 6) is 0.763. The fourth-order valence-electron chi connectivity index (χ4n) is 2.50. The van der Waals surface area contributed by atoms with Gasteiger partial charge in [-0.15, -0.1) is 12.4 Å². The van der Waals surface area contributed by atoms with Gasteiger partial charge in [0.2, 0.25) is 0 Å². The molecule has 1 aromatic rings. The molecule has 0 radical (unpaired) electrons. The molecule has 1 heterocycles. The Labute approximate surface area is 148 Å². The van der Waals surface area contributed by atoms with Gasteiger partial charge in [0.05, 0.1) is 12.6 Å². The van der Waals surface area contributed by atoms with E-state index in [0.29, 0.717) is 5.75 Å². The number of nitrogens with one attached hydrogen (secondary N) is 1. The van der Waals surface area contributed by atoms with Crippen LogP contribution in [0.4, 0.5) is 4.79 Å². The minimum Gasteiger partial charge on any atom is -0.324 e. The van der Waals surface area contributed by atoms with E-state index in [2.05, 4.69) is 5.32 Å². The standard InChI is InChI=1S/C17H24N2O2S.ClH/c1-13(2)19(11-16(20)15-9-6-10-18-15)17(21)22-12-14-7-4-3-5-8-14;/h3-5,7-8,13,15,18H,6,9-12H2,1-2H3;1H/t15-;/m0./s1. The normalized spacial score (nSPS) is 16.9. The number of halogens is 1. The number of thioether (sulfide) groups is 1. The molecule has 0 saturated carbocycles. The van der Waals surface area contributed by atoms with Crippen molar-refractivity contribution in [2.75, 3.05) is 13.1 Å². The Morgan fingerprint density at radius 2 is 2.00 bits per heavy atom. The van der Waals surface area contributed by atoms with Crippen molar-refractivity contribution in [2.24, 2.45) is 0 Å². The summed E-state index contributed by atoms with van der Waals surface area (Å²) in [6.45, 7) is 5.01. The second-order valence-corrected chi connectivity index (χ2v) is 6.80. The Hall–Kier alpha value is -1.04. The van der Waals surface area contributed by atoms with E-state index in [4.69, 9.17) is 0 Å². The number of ketones is 1. The minimum absolute atomic E-state index is 0. The maximum Gasteiger partial charge on any atom is 0.282 e. The molecule has 1 aliphatic heterocycles. The van der Waals surface area contributed by atoms with Crippen LogP contribution in [0, 0.1) is 0 Å². The third-order valence-electron chi connectivity index (χ3n) is 3.84. The SMILES string of the molecule is CC(C)N(CC(=O)[C@@H]1CCCN1)C(=O)SCc1ccccc1.Cl. The Bertz CT molecular complexity index is 505. The minimum atomic E-state index is -0.0758. The molecule has 1 aliphatic rings. The summed E-state index contributed by atoms with van der Waals surface area (Å²) in [5.41, 5.74) is 1.12. The molecule has 0 bridgehead atoms. The molecule has 1 saturated heterocycles. The summed E-state index contributed by atoms with van der Waals surface area (Å²) < 4.78 is 0. The number of hydrogen-bond donors (Lipinski definition) is 1. The average Bonchev–Trinajstić information content (AvgIpc) is 3.05. The average molecular weight is 357 g/mol. The summed E-state index contributed by atoms with van der Waals surface area (Å²) in [6, 6.07) is 9.87. The molecule has 0 unspecified atom stereocenters. The number of carbonyl (C=O) groups excluding carboxylic acids is 2. The van der Waals surface area contributed by atoms with Crippen molar-refractivity contribution < 1.29 is 9.59 Å². The van der Waals surface area contributed by atoms with Crippen LogP contribution >= 0.6 is 24.2 Å². The highest BCUT2D eigenvalue weighted by Crippen LogP contribution is 2.18. The van der Waals surface area contributed by atoms with Crippen molar-refractivity contribution in [1.29, 1.82) is 0 Å². The van der Waals surface area contributed by atoms with Gasteiger partial charge in [0.25, 0.3) is 5.24 Å². The number of rotatable bonds is 6. The van der Waals surface area contributed by atoms with Gasteiger partial charge < -0.3 is 10.2 Å². The fourth-order valence-corrected chi connectivity index (χ4v) is 3.42. The summed E-state index contributed by atoms with van der Waals surface area (Å²) in [5, 5.41) is 3.18. The lowest BCUT2D eigenvalue weighted by Crippen LogP contribution is -2.44. The highest BCUT2D eigenvalue weighted by molar-refractivity contribution is 8.12. The van der Waals surface area contributed by atoms with Gasteiger partial charge >= 0.3 is 0 Å². The second kappa shape index (κ2) is 9.96. The number of carbonyl (C=O) groups is 2. The van der Waals surface area contributed by atoms with Crippen molar-refractivity contribution >= 4 is 35.2 Å². The molecular formula is C17H25ClN2O2S. The highest BCUT2D eigenvalue weighted by atomic mass is 35.5. The molecule has 0 aromatic heterocycles. The lowest BCUT2D eigenvalue weighted by Gasteiger charge is -2.26. The largest absolute Gasteiger partial charge is 0.324 e. The molecule has 128 valence electrons. The first-order valence-electron chi connectivity index (χ1n) is 7.81. The zero-order valence-corrected chi connectivity index (χ0v) is 15.3. The van der Waals surface area contributed by atoms with E-state index in [0.717, 1.165) is 24.9 Å². The van der Waals surface area contributed by atoms with Gasteiger partial charge in [0, 0.05) is 11.8 Å². The van der Waals surface area contributed by atoms with E-state index >= 15 is 0 Å². The third kappa shape index (κ3) is 6.16. The Morgan fingerprint density at radius 3 is 2.57 bits per heavy atom. The lowest BCUT2D eigenvalue weighted by atomic mass is 10.1. The molecule has 4 nitrogen and oxygen atoms in total. The summed E-state index contributed by atoms with van der Waals surface area (Å²) >= 11 is 1.26. The molecule has 1 atom stereocenters. The predicted octanol–water partition coefficient (Wildman–Crippen LogP) is 3.49. The number of nitrogens with zero attached hydrogens (tertiary/aromatic N) is 1. The molecule has 1 amide bonds. The van der Waals surface area contributed by atoms with Crippen LogP contribution in [0.1, 0.15) is 32.3 Å². The molecule has 1 fully saturated rings. The maximum absolute atomic E-state index is 12.4. The van der Waals surface area contributed by atoms with Gasteiger partial charge in [-0.25, -0.2) is 0 Å². The van der Waals surface area contributed by atoms with Crippen molar-refractivity contribution in [2.45, 2.75) is 44.5 Å². The van der Waals surface area contributed by atoms with Crippen molar-refractivity contribution in [3.8, 4) is 0 Å². The maximum atomic E-state index is 12.4. The molecule has 6 heteroatoms. The fraction of sp³-hybridized carbons (Fsp3) is 0.529. The van der Waals surface area contributed by atoms with Gasteiger partial charge in [-0.1, -0.05) is 42.1 Å². The topological polar surface area (TPSA) is 49.4 Å². The van der Waals surface area contributed by atoms with Crippen molar-refractivity contribution in [3.05, 3.63) is 35.9 Å². The molecule has 0 aliphatic carbocycles. The predicted molar refractivity (Wildman–Crippen MR) is 98.3 cm³/mol. The van der Waals surface area contributed by atoms with Crippen LogP contribution in [0.3, 0.4) is 0 Å². The molecule has 23 heavy (non-hydrogen) atoms. The van der Waals surface area contributed by atoms with E-state index in [1.54, 1.807) is 4.90 Å². The monoisotopic (exact) mass is 356 g/mol. The van der Waals surface area contributed by atoms with E-state index in [-0.39, 0.29) is 42.1 Å². The summed E-state index contributed by atoms with van der Waals surface area (Å²) in [7, 11) is 0. The summed E-state index contributed by atoms with van der Waals surface area (Å²) in [4.78, 5) is 26.4. The van der Waals surface area contributed by atoms with Crippen molar-refractivity contribution in [1.82, 2.24) is 10.2 Å². The zero-order chi connectivity index (χ0) is 15.9. The van der Waals surface area contributed by atoms with Crippen molar-refractivity contribution in [3.63, 3.8) is 0 Å². The number of hydrogen-bond acceptors (Lipinski definition) is 4. The first kappa shape index (κ1) is 20.0. The molecule has 1 aromatic carbocycles. The van der Waals surface area contributed by atoms with E-state index in [1.165, 1.54) is 11.8 Å². The van der Waals surface area contributed by atoms with Crippen LogP contribution in [0.25, 0.3) is 0 Å². The Balaban J connectivity index is 0.00000264. The number of amides is 1. The van der Waals surface area contributed by atoms with E-state index < -0.39 is 0 Å². The van der Waals surface area contributed by atoms with E-state index in [1.807, 2.05) is 44.2 Å². The zero-order valence-electron chi connectivity index (χ0n) is 13.7. The van der Waals surface area contributed by atoms with Crippen LogP contribution in [-0.4, -0.2) is 41.1 Å². The van der Waals surface area contributed by atoms with Crippen LogP contribution in [0.5, 0.6) is 0 Å². The van der Waals surface area contributed by atoms with Crippen LogP contribution in [0.15, 0.2) is 30.3 Å². The quantitative estimate of drug-likeness (QED) is 0.847. The second-order valence-electron chi connectivity index (χ2n) is 5.88. The number of benzene rings is 1. The van der Waals surface area contributed by atoms with Gasteiger partial charge in [0.1, 0.15) is 0 Å². The first-order valence-corrected chi connectivity index (χ1v) is 8.80. The number of Topliss-reactive ketones (excluding diaryl/α,β-unsaturated/α-hetero) is 1. The van der Waals surface area contributed by atoms with Gasteiger partial charge in [-0.2, -0.15) is 0 Å².